The summed E-state index contributed by atoms with van der Waals surface area (Å²) < 4.78 is 5.60. The molecule has 0 unspecified atom stereocenters. The summed E-state index contributed by atoms with van der Waals surface area (Å²) in [5, 5.41) is 3.07. The van der Waals surface area contributed by atoms with Gasteiger partial charge in [-0.2, -0.15) is 0 Å². The lowest BCUT2D eigenvalue weighted by Crippen LogP contribution is -2.40. The monoisotopic (exact) mass is 384 g/mol. The lowest BCUT2D eigenvalue weighted by atomic mass is 9.91. The van der Waals surface area contributed by atoms with Crippen molar-refractivity contribution in [2.75, 3.05) is 0 Å². The van der Waals surface area contributed by atoms with E-state index >= 15 is 0 Å². The van der Waals surface area contributed by atoms with Crippen LogP contribution in [0.5, 0.6) is 11.6 Å². The molecule has 1 fully saturated rings. The van der Waals surface area contributed by atoms with Crippen LogP contribution in [-0.4, -0.2) is 28.0 Å². The zero-order valence-corrected chi connectivity index (χ0v) is 15.3. The molecule has 0 spiro atoms. The van der Waals surface area contributed by atoms with E-state index in [4.69, 9.17) is 10.5 Å². The number of amides is 1. The van der Waals surface area contributed by atoms with Crippen molar-refractivity contribution in [2.45, 2.75) is 37.8 Å². The number of carbonyl (C=O) groups excluding carboxylic acids is 1. The summed E-state index contributed by atoms with van der Waals surface area (Å²) in [6.45, 7) is 0. The Bertz CT molecular complexity index is 665. The van der Waals surface area contributed by atoms with Gasteiger partial charge in [0, 0.05) is 30.0 Å². The lowest BCUT2D eigenvalue weighted by Gasteiger charge is -2.26. The van der Waals surface area contributed by atoms with Crippen molar-refractivity contribution < 1.29 is 9.53 Å². The average Bonchev–Trinajstić information content (AvgIpc) is 2.58. The Labute approximate surface area is 159 Å². The third-order valence-corrected chi connectivity index (χ3v) is 3.97. The minimum absolute atomic E-state index is 0. The number of aromatic nitrogens is 2. The quantitative estimate of drug-likeness (QED) is 0.844. The van der Waals surface area contributed by atoms with Crippen molar-refractivity contribution in [3.8, 4) is 11.6 Å². The number of halogens is 2. The summed E-state index contributed by atoms with van der Waals surface area (Å²) in [6, 6.07) is 7.52. The molecule has 1 saturated carbocycles. The fourth-order valence-corrected chi connectivity index (χ4v) is 2.69. The van der Waals surface area contributed by atoms with E-state index in [0.717, 1.165) is 25.7 Å². The number of rotatable bonds is 4. The second kappa shape index (κ2) is 10.2. The van der Waals surface area contributed by atoms with Crippen LogP contribution in [0.4, 0.5) is 0 Å². The van der Waals surface area contributed by atoms with Gasteiger partial charge >= 0.3 is 0 Å². The van der Waals surface area contributed by atoms with E-state index in [0.29, 0.717) is 17.2 Å². The SMILES string of the molecule is Cl.Cl.NC1CCC(NC(=O)c2cccc(Oc3cnccn3)c2)CC1. The summed E-state index contributed by atoms with van der Waals surface area (Å²) in [5.74, 6) is 0.866. The highest BCUT2D eigenvalue weighted by molar-refractivity contribution is 5.94. The number of hydrogen-bond donors (Lipinski definition) is 2. The lowest BCUT2D eigenvalue weighted by molar-refractivity contribution is 0.0925. The molecule has 0 aliphatic heterocycles. The highest BCUT2D eigenvalue weighted by atomic mass is 35.5. The van der Waals surface area contributed by atoms with Crippen molar-refractivity contribution in [3.63, 3.8) is 0 Å². The third kappa shape index (κ3) is 6.16. The van der Waals surface area contributed by atoms with Crippen molar-refractivity contribution in [2.24, 2.45) is 5.73 Å². The van der Waals surface area contributed by atoms with E-state index in [1.54, 1.807) is 36.7 Å². The topological polar surface area (TPSA) is 90.1 Å². The van der Waals surface area contributed by atoms with E-state index in [2.05, 4.69) is 15.3 Å². The molecule has 1 heterocycles. The van der Waals surface area contributed by atoms with Gasteiger partial charge in [-0.15, -0.1) is 24.8 Å². The van der Waals surface area contributed by atoms with Crippen LogP contribution in [0.3, 0.4) is 0 Å². The molecule has 1 amide bonds. The molecule has 1 aliphatic carbocycles. The summed E-state index contributed by atoms with van der Waals surface area (Å²) in [4.78, 5) is 20.4. The van der Waals surface area contributed by atoms with E-state index in [-0.39, 0.29) is 42.8 Å². The van der Waals surface area contributed by atoms with Crippen LogP contribution >= 0.6 is 24.8 Å². The molecule has 0 saturated heterocycles. The van der Waals surface area contributed by atoms with E-state index < -0.39 is 0 Å². The minimum Gasteiger partial charge on any atom is -0.437 e. The Morgan fingerprint density at radius 3 is 2.60 bits per heavy atom. The molecule has 25 heavy (non-hydrogen) atoms. The van der Waals surface area contributed by atoms with Gasteiger partial charge < -0.3 is 15.8 Å². The van der Waals surface area contributed by atoms with Gasteiger partial charge in [0.1, 0.15) is 5.75 Å². The molecule has 0 radical (unpaired) electrons. The van der Waals surface area contributed by atoms with Crippen molar-refractivity contribution in [1.82, 2.24) is 15.3 Å². The Morgan fingerprint density at radius 1 is 1.16 bits per heavy atom. The van der Waals surface area contributed by atoms with Crippen molar-refractivity contribution in [3.05, 3.63) is 48.4 Å². The van der Waals surface area contributed by atoms with Crippen LogP contribution in [-0.2, 0) is 0 Å². The number of ether oxygens (including phenoxy) is 1. The van der Waals surface area contributed by atoms with Crippen LogP contribution in [0, 0.1) is 0 Å². The number of benzene rings is 1. The molecule has 8 heteroatoms. The normalized spacial score (nSPS) is 19.1. The maximum Gasteiger partial charge on any atom is 0.251 e. The Balaban J connectivity index is 0.00000156. The molecular formula is C17H22Cl2N4O2. The van der Waals surface area contributed by atoms with Crippen LogP contribution < -0.4 is 15.8 Å². The van der Waals surface area contributed by atoms with Crippen molar-refractivity contribution >= 4 is 30.7 Å². The zero-order valence-electron chi connectivity index (χ0n) is 13.6. The van der Waals surface area contributed by atoms with Crippen LogP contribution in [0.1, 0.15) is 36.0 Å². The number of carbonyl (C=O) groups is 1. The molecule has 3 N–H and O–H groups in total. The Kier molecular flexibility index (Phi) is 8.61. The number of hydrogen-bond acceptors (Lipinski definition) is 5. The average molecular weight is 385 g/mol. The first-order valence-electron chi connectivity index (χ1n) is 7.81. The predicted octanol–water partition coefficient (Wildman–Crippen LogP) is 3.11. The number of nitrogens with one attached hydrogen (secondary N) is 1. The van der Waals surface area contributed by atoms with E-state index in [1.807, 2.05) is 0 Å². The molecule has 1 aliphatic rings. The summed E-state index contributed by atoms with van der Waals surface area (Å²) in [5.41, 5.74) is 6.46. The fourth-order valence-electron chi connectivity index (χ4n) is 2.69. The molecule has 0 atom stereocenters. The van der Waals surface area contributed by atoms with E-state index in [9.17, 15) is 4.79 Å². The largest absolute Gasteiger partial charge is 0.437 e. The van der Waals surface area contributed by atoms with Gasteiger partial charge in [-0.1, -0.05) is 6.07 Å². The van der Waals surface area contributed by atoms with Gasteiger partial charge in [0.05, 0.1) is 6.20 Å². The van der Waals surface area contributed by atoms with E-state index in [1.165, 1.54) is 6.20 Å². The van der Waals surface area contributed by atoms with Crippen molar-refractivity contribution in [1.29, 1.82) is 0 Å². The molecule has 2 aromatic rings. The summed E-state index contributed by atoms with van der Waals surface area (Å²) in [6.07, 6.45) is 8.44. The second-order valence-electron chi connectivity index (χ2n) is 5.76. The van der Waals surface area contributed by atoms with Gasteiger partial charge in [-0.3, -0.25) is 9.78 Å². The highest BCUT2D eigenvalue weighted by Gasteiger charge is 2.20. The molecular weight excluding hydrogens is 363 g/mol. The first-order chi connectivity index (χ1) is 11.2. The predicted molar refractivity (Wildman–Crippen MR) is 101 cm³/mol. The van der Waals surface area contributed by atoms with Gasteiger partial charge in [-0.05, 0) is 43.9 Å². The number of nitrogens with two attached hydrogens (primary N) is 1. The molecule has 0 bridgehead atoms. The third-order valence-electron chi connectivity index (χ3n) is 3.97. The molecule has 3 rings (SSSR count). The standard InChI is InChI=1S/C17H20N4O2.2ClH/c18-13-4-6-14(7-5-13)21-17(22)12-2-1-3-15(10-12)23-16-11-19-8-9-20-16;;/h1-3,8-11,13-14H,4-7,18H2,(H,21,22);2*1H. The van der Waals surface area contributed by atoms with Gasteiger partial charge in [0.2, 0.25) is 5.88 Å². The maximum absolute atomic E-state index is 12.4. The molecule has 6 nitrogen and oxygen atoms in total. The van der Waals surface area contributed by atoms with Crippen LogP contribution in [0.25, 0.3) is 0 Å². The van der Waals surface area contributed by atoms with Gasteiger partial charge in [0.25, 0.3) is 5.91 Å². The maximum atomic E-state index is 12.4. The highest BCUT2D eigenvalue weighted by Crippen LogP contribution is 2.21. The fraction of sp³-hybridized carbons (Fsp3) is 0.353. The second-order valence-corrected chi connectivity index (χ2v) is 5.76. The van der Waals surface area contributed by atoms with Crippen LogP contribution in [0.15, 0.2) is 42.9 Å². The summed E-state index contributed by atoms with van der Waals surface area (Å²) in [7, 11) is 0. The van der Waals surface area contributed by atoms with Gasteiger partial charge in [0.15, 0.2) is 0 Å². The Hall–Kier alpha value is -1.89. The smallest absolute Gasteiger partial charge is 0.251 e. The molecule has 136 valence electrons. The first kappa shape index (κ1) is 21.2. The molecule has 1 aromatic heterocycles. The minimum atomic E-state index is -0.0879. The Morgan fingerprint density at radius 2 is 1.92 bits per heavy atom. The summed E-state index contributed by atoms with van der Waals surface area (Å²) >= 11 is 0. The number of nitrogens with zero attached hydrogens (tertiary/aromatic N) is 2. The zero-order chi connectivity index (χ0) is 16.1. The molecule has 1 aromatic carbocycles. The van der Waals surface area contributed by atoms with Crippen LogP contribution in [0.2, 0.25) is 0 Å². The van der Waals surface area contributed by atoms with Gasteiger partial charge in [-0.25, -0.2) is 4.98 Å². The first-order valence-corrected chi connectivity index (χ1v) is 7.81.